The zero-order chi connectivity index (χ0) is 12.3. The maximum Gasteiger partial charge on any atom is 0.346 e. The molecule has 0 saturated carbocycles. The number of carbonyl (C=O) groups excluding carboxylic acids is 1. The lowest BCUT2D eigenvalue weighted by Gasteiger charge is -2.04. The summed E-state index contributed by atoms with van der Waals surface area (Å²) in [6.07, 6.45) is -2.55. The van der Waals surface area contributed by atoms with Crippen molar-refractivity contribution in [1.29, 1.82) is 0 Å². The fraction of sp³-hybridized carbons (Fsp3) is 0.333. The van der Waals surface area contributed by atoms with Gasteiger partial charge in [0.25, 0.3) is 6.43 Å². The van der Waals surface area contributed by atoms with Gasteiger partial charge in [-0.25, -0.2) is 13.6 Å². The van der Waals surface area contributed by atoms with E-state index in [-0.39, 0.29) is 6.61 Å². The molecule has 0 aliphatic carbocycles. The maximum absolute atomic E-state index is 13.1. The molecule has 1 aromatic rings. The summed E-state index contributed by atoms with van der Waals surface area (Å²) in [5.41, 5.74) is -3.35. The minimum absolute atomic E-state index is 0.0867. The second-order valence-electron chi connectivity index (χ2n) is 2.78. The molecule has 0 aromatic carbocycles. The maximum atomic E-state index is 13.1. The number of pyridine rings is 1. The first-order valence-electron chi connectivity index (χ1n) is 4.35. The fourth-order valence-corrected chi connectivity index (χ4v) is 1.07. The molecule has 0 unspecified atom stereocenters. The number of nitrogens with one attached hydrogen (secondary N) is 1. The number of rotatable bonds is 3. The van der Waals surface area contributed by atoms with Crippen molar-refractivity contribution in [3.8, 4) is 0 Å². The molecule has 0 aliphatic rings. The number of aromatic nitrogens is 1. The Morgan fingerprint density at radius 1 is 1.56 bits per heavy atom. The standard InChI is InChI=1S/C9H8F3NO3/c1-2-16-9(15)5-6(14)4(7(10)11)3-13-8(5)12/h3,7H,2H2,1H3,(H,13,14). The second-order valence-corrected chi connectivity index (χ2v) is 2.78. The van der Waals surface area contributed by atoms with E-state index in [1.807, 2.05) is 0 Å². The van der Waals surface area contributed by atoms with Crippen LogP contribution in [0.5, 0.6) is 0 Å². The molecule has 0 saturated heterocycles. The van der Waals surface area contributed by atoms with E-state index >= 15 is 0 Å². The number of aromatic amines is 1. The van der Waals surface area contributed by atoms with Gasteiger partial charge in [0.1, 0.15) is 0 Å². The van der Waals surface area contributed by atoms with Crippen LogP contribution in [0.3, 0.4) is 0 Å². The predicted octanol–water partition coefficient (Wildman–Crippen LogP) is 1.63. The summed E-state index contributed by atoms with van der Waals surface area (Å²) in [4.78, 5) is 24.2. The average Bonchev–Trinajstić information content (AvgIpc) is 2.17. The predicted molar refractivity (Wildman–Crippen MR) is 47.9 cm³/mol. The summed E-state index contributed by atoms with van der Waals surface area (Å²) in [6.45, 7) is 1.36. The SMILES string of the molecule is CCOC(=O)c1c(F)[nH]cc(C(F)F)c1=O. The van der Waals surface area contributed by atoms with Crippen molar-refractivity contribution in [1.82, 2.24) is 4.98 Å². The van der Waals surface area contributed by atoms with Gasteiger partial charge in [-0.1, -0.05) is 0 Å². The van der Waals surface area contributed by atoms with Gasteiger partial charge in [-0.05, 0) is 6.92 Å². The molecule has 88 valence electrons. The first-order chi connectivity index (χ1) is 7.49. The summed E-state index contributed by atoms with van der Waals surface area (Å²) in [6, 6.07) is 0. The molecule has 1 aromatic heterocycles. The molecule has 0 bridgehead atoms. The third-order valence-corrected chi connectivity index (χ3v) is 1.78. The van der Waals surface area contributed by atoms with Gasteiger partial charge in [0.05, 0.1) is 12.2 Å². The minimum atomic E-state index is -3.09. The fourth-order valence-electron chi connectivity index (χ4n) is 1.07. The van der Waals surface area contributed by atoms with E-state index in [0.29, 0.717) is 6.20 Å². The largest absolute Gasteiger partial charge is 0.462 e. The number of carbonyl (C=O) groups is 1. The van der Waals surface area contributed by atoms with Crippen molar-refractivity contribution in [2.75, 3.05) is 6.61 Å². The number of hydrogen-bond acceptors (Lipinski definition) is 3. The Morgan fingerprint density at radius 2 is 2.19 bits per heavy atom. The summed E-state index contributed by atoms with van der Waals surface area (Å²) < 4.78 is 42.0. The number of halogens is 3. The van der Waals surface area contributed by atoms with Gasteiger partial charge in [0.15, 0.2) is 5.56 Å². The van der Waals surface area contributed by atoms with Gasteiger partial charge in [-0.3, -0.25) is 4.79 Å². The van der Waals surface area contributed by atoms with E-state index in [0.717, 1.165) is 0 Å². The topological polar surface area (TPSA) is 59.2 Å². The van der Waals surface area contributed by atoms with Crippen molar-refractivity contribution in [3.63, 3.8) is 0 Å². The van der Waals surface area contributed by atoms with E-state index in [1.165, 1.54) is 6.92 Å². The molecule has 1 heterocycles. The highest BCUT2D eigenvalue weighted by molar-refractivity contribution is 5.89. The molecular weight excluding hydrogens is 227 g/mol. The van der Waals surface area contributed by atoms with Crippen molar-refractivity contribution >= 4 is 5.97 Å². The lowest BCUT2D eigenvalue weighted by Crippen LogP contribution is -2.24. The van der Waals surface area contributed by atoms with Crippen LogP contribution in [-0.2, 0) is 4.74 Å². The molecular formula is C9H8F3NO3. The van der Waals surface area contributed by atoms with Gasteiger partial charge in [-0.15, -0.1) is 0 Å². The van der Waals surface area contributed by atoms with E-state index in [1.54, 1.807) is 4.98 Å². The van der Waals surface area contributed by atoms with Crippen LogP contribution in [0.4, 0.5) is 13.2 Å². The van der Waals surface area contributed by atoms with E-state index < -0.39 is 34.9 Å². The Hall–Kier alpha value is -1.79. The van der Waals surface area contributed by atoms with Gasteiger partial charge >= 0.3 is 5.97 Å². The molecule has 0 spiro atoms. The average molecular weight is 235 g/mol. The minimum Gasteiger partial charge on any atom is -0.462 e. The quantitative estimate of drug-likeness (QED) is 0.639. The first kappa shape index (κ1) is 12.3. The van der Waals surface area contributed by atoms with Crippen molar-refractivity contribution in [2.45, 2.75) is 13.3 Å². The van der Waals surface area contributed by atoms with E-state index in [2.05, 4.69) is 4.74 Å². The molecule has 0 atom stereocenters. The van der Waals surface area contributed by atoms with Crippen LogP contribution in [0.2, 0.25) is 0 Å². The van der Waals surface area contributed by atoms with Crippen LogP contribution >= 0.6 is 0 Å². The second kappa shape index (κ2) is 4.82. The summed E-state index contributed by atoms with van der Waals surface area (Å²) in [7, 11) is 0. The molecule has 0 fully saturated rings. The van der Waals surface area contributed by atoms with Gasteiger partial charge in [0, 0.05) is 6.20 Å². The van der Waals surface area contributed by atoms with E-state index in [4.69, 9.17) is 0 Å². The number of esters is 1. The third kappa shape index (κ3) is 2.23. The Morgan fingerprint density at radius 3 is 2.69 bits per heavy atom. The summed E-state index contributed by atoms with van der Waals surface area (Å²) in [5.74, 6) is -2.54. The molecule has 1 N–H and O–H groups in total. The number of alkyl halides is 2. The molecule has 16 heavy (non-hydrogen) atoms. The van der Waals surface area contributed by atoms with Crippen molar-refractivity contribution < 1.29 is 22.7 Å². The van der Waals surface area contributed by atoms with Gasteiger partial charge in [-0.2, -0.15) is 4.39 Å². The molecule has 0 radical (unpaired) electrons. The number of H-pyrrole nitrogens is 1. The Kier molecular flexibility index (Phi) is 3.70. The Bertz CT molecular complexity index is 456. The summed E-state index contributed by atoms with van der Waals surface area (Å²) >= 11 is 0. The number of hydrogen-bond donors (Lipinski definition) is 1. The molecule has 7 heteroatoms. The van der Waals surface area contributed by atoms with Crippen molar-refractivity contribution in [2.24, 2.45) is 0 Å². The molecule has 1 rings (SSSR count). The van der Waals surface area contributed by atoms with Gasteiger partial charge < -0.3 is 9.72 Å². The van der Waals surface area contributed by atoms with Crippen LogP contribution in [0.25, 0.3) is 0 Å². The first-order valence-corrected chi connectivity index (χ1v) is 4.35. The molecule has 0 aliphatic heterocycles. The zero-order valence-electron chi connectivity index (χ0n) is 8.22. The Labute approximate surface area is 88.0 Å². The van der Waals surface area contributed by atoms with E-state index in [9.17, 15) is 22.8 Å². The van der Waals surface area contributed by atoms with Crippen molar-refractivity contribution in [3.05, 3.63) is 33.5 Å². The highest BCUT2D eigenvalue weighted by Crippen LogP contribution is 2.15. The third-order valence-electron chi connectivity index (χ3n) is 1.78. The Balaban J connectivity index is 3.32. The summed E-state index contributed by atoms with van der Waals surface area (Å²) in [5, 5.41) is 0. The molecule has 4 nitrogen and oxygen atoms in total. The zero-order valence-corrected chi connectivity index (χ0v) is 8.22. The van der Waals surface area contributed by atoms with Gasteiger partial charge in [0.2, 0.25) is 11.4 Å². The highest BCUT2D eigenvalue weighted by atomic mass is 19.3. The highest BCUT2D eigenvalue weighted by Gasteiger charge is 2.23. The monoisotopic (exact) mass is 235 g/mol. The normalized spacial score (nSPS) is 10.6. The van der Waals surface area contributed by atoms with Crippen LogP contribution < -0.4 is 5.43 Å². The van der Waals surface area contributed by atoms with Crippen LogP contribution in [-0.4, -0.2) is 17.6 Å². The lowest BCUT2D eigenvalue weighted by atomic mass is 10.2. The lowest BCUT2D eigenvalue weighted by molar-refractivity contribution is 0.0517. The van der Waals surface area contributed by atoms with Crippen LogP contribution in [0, 0.1) is 5.95 Å². The smallest absolute Gasteiger partial charge is 0.346 e. The molecule has 0 amide bonds. The van der Waals surface area contributed by atoms with Crippen LogP contribution in [0.15, 0.2) is 11.0 Å². The van der Waals surface area contributed by atoms with Crippen LogP contribution in [0.1, 0.15) is 29.3 Å². The number of ether oxygens (including phenoxy) is 1.